The normalized spacial score (nSPS) is 14.9. The second-order valence-corrected chi connectivity index (χ2v) is 8.30. The number of carbonyl (C=O) groups is 3. The maximum atomic E-state index is 12.7. The molecule has 1 aliphatic heterocycles. The van der Waals surface area contributed by atoms with Crippen LogP contribution in [0.5, 0.6) is 5.75 Å². The number of hydrogen-bond donors (Lipinski definition) is 1. The molecule has 0 fully saturated rings. The van der Waals surface area contributed by atoms with Gasteiger partial charge in [0.1, 0.15) is 10.6 Å². The molecule has 170 valence electrons. The lowest BCUT2D eigenvalue weighted by atomic mass is 10.1. The van der Waals surface area contributed by atoms with Crippen LogP contribution in [0.4, 0.5) is 10.8 Å². The molecule has 0 radical (unpaired) electrons. The third-order valence-corrected chi connectivity index (χ3v) is 5.97. The summed E-state index contributed by atoms with van der Waals surface area (Å²) < 4.78 is 10.8. The Labute approximate surface area is 195 Å². The molecular weight excluding hydrogens is 442 g/mol. The number of thiazole rings is 1. The first-order chi connectivity index (χ1) is 16.0. The van der Waals surface area contributed by atoms with Crippen molar-refractivity contribution in [1.82, 2.24) is 4.98 Å². The van der Waals surface area contributed by atoms with Gasteiger partial charge in [-0.25, -0.2) is 9.78 Å². The van der Waals surface area contributed by atoms with Gasteiger partial charge in [0.15, 0.2) is 11.2 Å². The molecule has 8 nitrogen and oxygen atoms in total. The largest absolute Gasteiger partial charge is 0.479 e. The van der Waals surface area contributed by atoms with Gasteiger partial charge in [-0.1, -0.05) is 53.8 Å². The highest BCUT2D eigenvalue weighted by Crippen LogP contribution is 2.34. The zero-order valence-electron chi connectivity index (χ0n) is 18.2. The van der Waals surface area contributed by atoms with E-state index in [1.807, 2.05) is 42.5 Å². The lowest BCUT2D eigenvalue weighted by Crippen LogP contribution is -2.45. The fourth-order valence-corrected chi connectivity index (χ4v) is 4.38. The minimum atomic E-state index is -0.623. The highest BCUT2D eigenvalue weighted by atomic mass is 32.1. The molecule has 0 spiro atoms. The molecule has 2 aromatic carbocycles. The molecule has 0 bridgehead atoms. The summed E-state index contributed by atoms with van der Waals surface area (Å²) in [6.07, 6.45) is -0.565. The zero-order chi connectivity index (χ0) is 23.4. The molecule has 0 saturated carbocycles. The predicted octanol–water partition coefficient (Wildman–Crippen LogP) is 4.13. The summed E-state index contributed by atoms with van der Waals surface area (Å²) in [5.41, 5.74) is 1.85. The summed E-state index contributed by atoms with van der Waals surface area (Å²) in [6, 6.07) is 16.5. The molecule has 1 atom stereocenters. The number of nitrogens with one attached hydrogen (secondary N) is 1. The van der Waals surface area contributed by atoms with Gasteiger partial charge in [-0.05, 0) is 26.0 Å². The summed E-state index contributed by atoms with van der Waals surface area (Å²) in [4.78, 5) is 44.1. The monoisotopic (exact) mass is 465 g/mol. The highest BCUT2D eigenvalue weighted by molar-refractivity contribution is 7.18. The number of para-hydroxylation sites is 2. The molecule has 1 unspecified atom stereocenters. The van der Waals surface area contributed by atoms with Crippen molar-refractivity contribution < 1.29 is 23.9 Å². The van der Waals surface area contributed by atoms with Crippen molar-refractivity contribution in [2.24, 2.45) is 0 Å². The highest BCUT2D eigenvalue weighted by Gasteiger charge is 2.31. The topological polar surface area (TPSA) is 97.8 Å². The Kier molecular flexibility index (Phi) is 6.69. The van der Waals surface area contributed by atoms with Crippen LogP contribution < -0.4 is 15.0 Å². The summed E-state index contributed by atoms with van der Waals surface area (Å²) in [5, 5.41) is 3.05. The van der Waals surface area contributed by atoms with E-state index in [9.17, 15) is 14.4 Å². The number of esters is 1. The number of rotatable bonds is 7. The number of anilines is 2. The number of hydrogen-bond acceptors (Lipinski definition) is 7. The second-order valence-electron chi connectivity index (χ2n) is 7.30. The molecule has 1 aromatic heterocycles. The fraction of sp³-hybridized carbons (Fsp3) is 0.250. The van der Waals surface area contributed by atoms with E-state index in [1.165, 1.54) is 0 Å². The van der Waals surface area contributed by atoms with Crippen LogP contribution in [0, 0.1) is 0 Å². The third kappa shape index (κ3) is 4.88. The number of benzene rings is 2. The lowest BCUT2D eigenvalue weighted by molar-refractivity contribution is -0.125. The van der Waals surface area contributed by atoms with Gasteiger partial charge in [0.05, 0.1) is 18.0 Å². The van der Waals surface area contributed by atoms with Crippen LogP contribution in [0.2, 0.25) is 0 Å². The van der Waals surface area contributed by atoms with Crippen molar-refractivity contribution in [2.75, 3.05) is 23.4 Å². The second kappa shape index (κ2) is 9.83. The van der Waals surface area contributed by atoms with E-state index in [2.05, 4.69) is 10.3 Å². The van der Waals surface area contributed by atoms with Crippen LogP contribution in [0.25, 0.3) is 11.3 Å². The molecule has 3 aromatic rings. The van der Waals surface area contributed by atoms with Gasteiger partial charge in [0.25, 0.3) is 5.91 Å². The minimum absolute atomic E-state index is 0.0573. The van der Waals surface area contributed by atoms with E-state index >= 15 is 0 Å². The molecule has 33 heavy (non-hydrogen) atoms. The standard InChI is InChI=1S/C24H23N3O5S/c1-3-31-23(30)21-20(16-9-5-4-6-10-16)26-24(33-21)25-19(28)13-14-27-17-11-7-8-12-18(17)32-15(2)22(27)29/h4-12,15H,3,13-14H2,1-2H3,(H,25,26,28). The van der Waals surface area contributed by atoms with Gasteiger partial charge in [-0.15, -0.1) is 0 Å². The van der Waals surface area contributed by atoms with Crippen LogP contribution >= 0.6 is 11.3 Å². The SMILES string of the molecule is CCOC(=O)c1sc(NC(=O)CCN2C(=O)C(C)Oc3ccccc32)nc1-c1ccccc1. The van der Waals surface area contributed by atoms with Crippen molar-refractivity contribution in [3.05, 3.63) is 59.5 Å². The number of amides is 2. The van der Waals surface area contributed by atoms with Crippen molar-refractivity contribution >= 4 is 39.9 Å². The molecule has 9 heteroatoms. The molecule has 4 rings (SSSR count). The third-order valence-electron chi connectivity index (χ3n) is 5.02. The smallest absolute Gasteiger partial charge is 0.350 e. The van der Waals surface area contributed by atoms with E-state index in [0.717, 1.165) is 16.9 Å². The Bertz CT molecular complexity index is 1180. The van der Waals surface area contributed by atoms with Gasteiger partial charge in [0.2, 0.25) is 5.91 Å². The van der Waals surface area contributed by atoms with Gasteiger partial charge in [0, 0.05) is 18.5 Å². The summed E-state index contributed by atoms with van der Waals surface area (Å²) in [7, 11) is 0. The Morgan fingerprint density at radius 1 is 1.15 bits per heavy atom. The number of carbonyl (C=O) groups excluding carboxylic acids is 3. The zero-order valence-corrected chi connectivity index (χ0v) is 19.1. The van der Waals surface area contributed by atoms with Crippen molar-refractivity contribution in [2.45, 2.75) is 26.4 Å². The van der Waals surface area contributed by atoms with E-state index in [-0.39, 0.29) is 31.4 Å². The van der Waals surface area contributed by atoms with Crippen LogP contribution in [0.3, 0.4) is 0 Å². The van der Waals surface area contributed by atoms with Crippen molar-refractivity contribution in [3.8, 4) is 17.0 Å². The van der Waals surface area contributed by atoms with Gasteiger partial charge in [-0.2, -0.15) is 0 Å². The van der Waals surface area contributed by atoms with Crippen molar-refractivity contribution in [1.29, 1.82) is 0 Å². The molecule has 1 N–H and O–H groups in total. The molecule has 0 aliphatic carbocycles. The Balaban J connectivity index is 1.49. The molecular formula is C24H23N3O5S. The van der Waals surface area contributed by atoms with Gasteiger partial charge in [-0.3, -0.25) is 9.59 Å². The van der Waals surface area contributed by atoms with Crippen molar-refractivity contribution in [3.63, 3.8) is 0 Å². The lowest BCUT2D eigenvalue weighted by Gasteiger charge is -2.32. The first kappa shape index (κ1) is 22.5. The predicted molar refractivity (Wildman–Crippen MR) is 126 cm³/mol. The van der Waals surface area contributed by atoms with E-state index < -0.39 is 12.1 Å². The molecule has 1 aliphatic rings. The van der Waals surface area contributed by atoms with E-state index in [1.54, 1.807) is 30.9 Å². The van der Waals surface area contributed by atoms with Crippen LogP contribution in [-0.2, 0) is 14.3 Å². The Morgan fingerprint density at radius 2 is 1.88 bits per heavy atom. The van der Waals surface area contributed by atoms with E-state index in [0.29, 0.717) is 27.1 Å². The van der Waals surface area contributed by atoms with Crippen LogP contribution in [-0.4, -0.2) is 42.0 Å². The molecule has 2 heterocycles. The number of aromatic nitrogens is 1. The first-order valence-electron chi connectivity index (χ1n) is 10.6. The maximum Gasteiger partial charge on any atom is 0.350 e. The number of nitrogens with zero attached hydrogens (tertiary/aromatic N) is 2. The Hall–Kier alpha value is -3.72. The molecule has 2 amide bonds. The maximum absolute atomic E-state index is 12.7. The molecule has 0 saturated heterocycles. The first-order valence-corrected chi connectivity index (χ1v) is 11.4. The summed E-state index contributed by atoms with van der Waals surface area (Å²) >= 11 is 1.06. The van der Waals surface area contributed by atoms with Crippen LogP contribution in [0.15, 0.2) is 54.6 Å². The average molecular weight is 466 g/mol. The van der Waals surface area contributed by atoms with E-state index in [4.69, 9.17) is 9.47 Å². The van der Waals surface area contributed by atoms with Gasteiger partial charge >= 0.3 is 5.97 Å². The minimum Gasteiger partial charge on any atom is -0.479 e. The quantitative estimate of drug-likeness (QED) is 0.527. The summed E-state index contributed by atoms with van der Waals surface area (Å²) in [5.74, 6) is -0.398. The van der Waals surface area contributed by atoms with Crippen LogP contribution in [0.1, 0.15) is 29.9 Å². The fourth-order valence-electron chi connectivity index (χ4n) is 3.48. The average Bonchev–Trinajstić information content (AvgIpc) is 3.24. The number of ether oxygens (including phenoxy) is 2. The van der Waals surface area contributed by atoms with Gasteiger partial charge < -0.3 is 19.7 Å². The summed E-state index contributed by atoms with van der Waals surface area (Å²) in [6.45, 7) is 3.84. The Morgan fingerprint density at radius 3 is 2.64 bits per heavy atom. The number of fused-ring (bicyclic) bond motifs is 1.